The number of primary amides is 1. The van der Waals surface area contributed by atoms with E-state index in [1.807, 2.05) is 35.0 Å². The molecule has 1 amide bonds. The normalized spacial score (nSPS) is 20.4. The van der Waals surface area contributed by atoms with Crippen LogP contribution in [0.4, 0.5) is 4.39 Å². The Balaban J connectivity index is 1.51. The number of carbonyl (C=O) groups excluding carboxylic acids is 4. The lowest BCUT2D eigenvalue weighted by atomic mass is 9.75. The van der Waals surface area contributed by atoms with Gasteiger partial charge in [-0.05, 0) is 42.7 Å². The van der Waals surface area contributed by atoms with Gasteiger partial charge < -0.3 is 24.4 Å². The zero-order valence-corrected chi connectivity index (χ0v) is 26.0. The summed E-state index contributed by atoms with van der Waals surface area (Å²) in [6, 6.07) is 2.89. The molecule has 0 radical (unpaired) electrons. The van der Waals surface area contributed by atoms with Crippen LogP contribution in [0, 0.1) is 24.1 Å². The summed E-state index contributed by atoms with van der Waals surface area (Å²) < 4.78 is 34.0. The van der Waals surface area contributed by atoms with Crippen molar-refractivity contribution in [3.63, 3.8) is 0 Å². The number of rotatable bonds is 10. The molecule has 3 atom stereocenters. The number of esters is 2. The van der Waals surface area contributed by atoms with Gasteiger partial charge in [-0.1, -0.05) is 13.8 Å². The molecule has 2 N–H and O–H groups in total. The second kappa shape index (κ2) is 12.2. The Bertz CT molecular complexity index is 1440. The minimum atomic E-state index is -0.898. The predicted molar refractivity (Wildman–Crippen MR) is 154 cm³/mol. The van der Waals surface area contributed by atoms with Gasteiger partial charge in [-0.25, -0.2) is 9.07 Å². The molecule has 11 nitrogen and oxygen atoms in total. The maximum atomic E-state index is 15.4. The summed E-state index contributed by atoms with van der Waals surface area (Å²) in [5.74, 6) is -2.92. The number of carbonyl (C=O) groups is 4. The number of quaternary nitrogens is 1. The van der Waals surface area contributed by atoms with E-state index in [9.17, 15) is 19.2 Å². The first-order valence-corrected chi connectivity index (χ1v) is 14.5. The molecule has 0 spiro atoms. The highest BCUT2D eigenvalue weighted by atomic mass is 19.1. The Kier molecular flexibility index (Phi) is 9.13. The number of nitrogens with zero attached hydrogens (tertiary/aromatic N) is 3. The van der Waals surface area contributed by atoms with Crippen molar-refractivity contribution in [3.05, 3.63) is 46.0 Å². The maximum absolute atomic E-state index is 15.4. The van der Waals surface area contributed by atoms with E-state index < -0.39 is 36.1 Å². The van der Waals surface area contributed by atoms with E-state index in [1.54, 1.807) is 17.7 Å². The van der Waals surface area contributed by atoms with Crippen molar-refractivity contribution in [2.45, 2.75) is 72.2 Å². The Hall–Kier alpha value is -3.64. The van der Waals surface area contributed by atoms with Crippen molar-refractivity contribution >= 4 is 23.6 Å². The molecule has 1 saturated heterocycles. The van der Waals surface area contributed by atoms with Crippen LogP contribution in [0.3, 0.4) is 0 Å². The standard InChI is InChI=1S/C31H41FN4O7/c1-17-28-24(13-31(3,4)14-25(28)38)35(34-17)21-10-20(29(30(33)40)23(32)11-21)8-19-9-27(41-16-19)43-26(39)12-22(42-18(2)37)15-36(5,6)7/h10-11,19,22,27H,8-9,12-16H2,1-7H3,(H-,33,40)/p+1. The molecule has 1 aromatic heterocycles. The number of aryl methyl sites for hydroxylation is 1. The highest BCUT2D eigenvalue weighted by Crippen LogP contribution is 2.37. The first-order valence-electron chi connectivity index (χ1n) is 14.5. The number of amides is 1. The summed E-state index contributed by atoms with van der Waals surface area (Å²) in [7, 11) is 5.77. The average molecular weight is 602 g/mol. The predicted octanol–water partition coefficient (Wildman–Crippen LogP) is 3.05. The van der Waals surface area contributed by atoms with Crippen molar-refractivity contribution in [2.24, 2.45) is 17.1 Å². The largest absolute Gasteiger partial charge is 0.456 e. The Labute approximate surface area is 251 Å². The van der Waals surface area contributed by atoms with Crippen LogP contribution in [-0.2, 0) is 36.6 Å². The fourth-order valence-corrected chi connectivity index (χ4v) is 6.12. The Morgan fingerprint density at radius 2 is 1.93 bits per heavy atom. The highest BCUT2D eigenvalue weighted by Gasteiger charge is 2.37. The number of nitrogens with two attached hydrogens (primary N) is 1. The summed E-state index contributed by atoms with van der Waals surface area (Å²) >= 11 is 0. The van der Waals surface area contributed by atoms with E-state index in [0.29, 0.717) is 58.5 Å². The van der Waals surface area contributed by atoms with Crippen molar-refractivity contribution in [3.8, 4) is 5.69 Å². The lowest BCUT2D eigenvalue weighted by molar-refractivity contribution is -0.873. The van der Waals surface area contributed by atoms with Crippen LogP contribution in [0.15, 0.2) is 12.1 Å². The molecule has 2 heterocycles. The quantitative estimate of drug-likeness (QED) is 0.324. The molecule has 0 saturated carbocycles. The Morgan fingerprint density at radius 3 is 2.56 bits per heavy atom. The minimum absolute atomic E-state index is 0.00444. The van der Waals surface area contributed by atoms with Gasteiger partial charge >= 0.3 is 11.9 Å². The molecule has 0 bridgehead atoms. The van der Waals surface area contributed by atoms with E-state index in [2.05, 4.69) is 5.10 Å². The van der Waals surface area contributed by atoms with E-state index in [4.69, 9.17) is 19.9 Å². The average Bonchev–Trinajstić information content (AvgIpc) is 3.39. The Morgan fingerprint density at radius 1 is 1.23 bits per heavy atom. The summed E-state index contributed by atoms with van der Waals surface area (Å²) in [6.45, 7) is 7.70. The van der Waals surface area contributed by atoms with E-state index in [0.717, 1.165) is 0 Å². The summed E-state index contributed by atoms with van der Waals surface area (Å²) in [4.78, 5) is 49.4. The van der Waals surface area contributed by atoms with Crippen molar-refractivity contribution in [2.75, 3.05) is 34.3 Å². The van der Waals surface area contributed by atoms with Crippen LogP contribution < -0.4 is 5.73 Å². The molecule has 3 unspecified atom stereocenters. The molecule has 1 aliphatic heterocycles. The lowest BCUT2D eigenvalue weighted by Gasteiger charge is -2.29. The van der Waals surface area contributed by atoms with Crippen LogP contribution in [0.25, 0.3) is 5.69 Å². The number of likely N-dealkylation sites (N-methyl/N-ethyl adjacent to an activating group) is 1. The SMILES string of the molecule is CC(=O)OC(CC(=O)OC1CC(Cc2cc(-n3nc(C)c4c3CC(C)(C)CC4=O)cc(F)c2C(N)=O)CO1)C[N+](C)(C)C. The summed E-state index contributed by atoms with van der Waals surface area (Å²) in [6.07, 6.45) is -0.0575. The topological polar surface area (TPSA) is 140 Å². The minimum Gasteiger partial charge on any atom is -0.456 e. The van der Waals surface area contributed by atoms with Crippen molar-refractivity contribution < 1.29 is 42.3 Å². The van der Waals surface area contributed by atoms with Crippen LogP contribution in [0.2, 0.25) is 0 Å². The van der Waals surface area contributed by atoms with Gasteiger partial charge in [0.15, 0.2) is 11.9 Å². The van der Waals surface area contributed by atoms with Crippen LogP contribution >= 0.6 is 0 Å². The molecule has 1 aromatic carbocycles. The lowest BCUT2D eigenvalue weighted by Crippen LogP contribution is -2.44. The number of ether oxygens (including phenoxy) is 3. The van der Waals surface area contributed by atoms with Gasteiger partial charge in [0.1, 0.15) is 12.4 Å². The maximum Gasteiger partial charge on any atom is 0.312 e. The molecule has 43 heavy (non-hydrogen) atoms. The second-order valence-electron chi connectivity index (χ2n) is 13.6. The van der Waals surface area contributed by atoms with Crippen LogP contribution in [0.1, 0.15) is 77.7 Å². The first-order chi connectivity index (χ1) is 19.9. The highest BCUT2D eigenvalue weighted by molar-refractivity contribution is 6.00. The number of aromatic nitrogens is 2. The zero-order valence-electron chi connectivity index (χ0n) is 26.0. The fraction of sp³-hybridized carbons (Fsp3) is 0.581. The molecule has 12 heteroatoms. The number of fused-ring (bicyclic) bond motifs is 1. The van der Waals surface area contributed by atoms with Gasteiger partial charge in [0, 0.05) is 25.8 Å². The van der Waals surface area contributed by atoms with Gasteiger partial charge in [0.25, 0.3) is 5.91 Å². The molecule has 1 fully saturated rings. The zero-order chi connectivity index (χ0) is 31.9. The second-order valence-corrected chi connectivity index (χ2v) is 13.6. The number of hydrogen-bond donors (Lipinski definition) is 1. The first kappa shape index (κ1) is 32.3. The number of Topliss-reactive ketones (excluding diaryl/α,β-unsaturated/α-hetero) is 1. The van der Waals surface area contributed by atoms with Crippen molar-refractivity contribution in [1.29, 1.82) is 0 Å². The van der Waals surface area contributed by atoms with Gasteiger partial charge in [-0.15, -0.1) is 0 Å². The van der Waals surface area contributed by atoms with Gasteiger partial charge in [0.05, 0.1) is 62.4 Å². The summed E-state index contributed by atoms with van der Waals surface area (Å²) in [5, 5.41) is 4.57. The van der Waals surface area contributed by atoms with Crippen LogP contribution in [-0.4, -0.2) is 84.6 Å². The van der Waals surface area contributed by atoms with E-state index in [-0.39, 0.29) is 42.1 Å². The molecular formula is C31H42FN4O7+. The van der Waals surface area contributed by atoms with Gasteiger partial charge in [-0.2, -0.15) is 5.10 Å². The molecular weight excluding hydrogens is 559 g/mol. The summed E-state index contributed by atoms with van der Waals surface area (Å²) in [5.41, 5.74) is 7.70. The number of hydrogen-bond acceptors (Lipinski definition) is 8. The fourth-order valence-electron chi connectivity index (χ4n) is 6.12. The van der Waals surface area contributed by atoms with Crippen LogP contribution in [0.5, 0.6) is 0 Å². The van der Waals surface area contributed by atoms with E-state index in [1.165, 1.54) is 13.0 Å². The third-order valence-electron chi connectivity index (χ3n) is 7.66. The monoisotopic (exact) mass is 601 g/mol. The number of halogens is 1. The van der Waals surface area contributed by atoms with E-state index >= 15 is 4.39 Å². The molecule has 2 aliphatic rings. The third kappa shape index (κ3) is 7.85. The van der Waals surface area contributed by atoms with Gasteiger partial charge in [0.2, 0.25) is 6.29 Å². The molecule has 234 valence electrons. The molecule has 4 rings (SSSR count). The van der Waals surface area contributed by atoms with Gasteiger partial charge in [-0.3, -0.25) is 19.2 Å². The number of benzene rings is 1. The molecule has 1 aliphatic carbocycles. The molecule has 2 aromatic rings. The van der Waals surface area contributed by atoms with Crippen molar-refractivity contribution in [1.82, 2.24) is 9.78 Å². The third-order valence-corrected chi connectivity index (χ3v) is 7.66. The smallest absolute Gasteiger partial charge is 0.312 e. The number of ketones is 1.